The molecule has 0 aliphatic carbocycles. The molecule has 0 aromatic heterocycles. The van der Waals surface area contributed by atoms with E-state index in [0.29, 0.717) is 46.8 Å². The number of hydrogen-bond acceptors (Lipinski definition) is 10. The minimum atomic E-state index is -0.825. The van der Waals surface area contributed by atoms with Crippen LogP contribution >= 0.6 is 11.6 Å². The largest absolute Gasteiger partial charge is 0.507 e. The molecule has 1 fully saturated rings. The number of piperazine rings is 1. The molecule has 2 aromatic rings. The van der Waals surface area contributed by atoms with Gasteiger partial charge in [-0.3, -0.25) is 19.4 Å². The number of alkyl halides is 1. The van der Waals surface area contributed by atoms with E-state index < -0.39 is 24.0 Å². The first-order valence-electron chi connectivity index (χ1n) is 15.1. The van der Waals surface area contributed by atoms with Gasteiger partial charge in [0.05, 0.1) is 25.3 Å². The van der Waals surface area contributed by atoms with Crippen LogP contribution in [-0.4, -0.2) is 89.4 Å². The van der Waals surface area contributed by atoms with Crippen molar-refractivity contribution in [1.82, 2.24) is 20.4 Å². The highest BCUT2D eigenvalue weighted by atomic mass is 35.5. The van der Waals surface area contributed by atoms with E-state index in [2.05, 4.69) is 26.5 Å². The monoisotopic (exact) mass is 639 g/mol. The van der Waals surface area contributed by atoms with Crippen molar-refractivity contribution in [2.45, 2.75) is 76.3 Å². The zero-order valence-electron chi connectivity index (χ0n) is 25.9. The smallest absolute Gasteiger partial charge is 0.242 e. The number of nitrogens with zero attached hydrogens (tertiary/aromatic N) is 3. The van der Waals surface area contributed by atoms with Crippen molar-refractivity contribution < 1.29 is 34.0 Å². The van der Waals surface area contributed by atoms with E-state index in [9.17, 15) is 25.1 Å². The van der Waals surface area contributed by atoms with Crippen LogP contribution in [0.1, 0.15) is 58.8 Å². The van der Waals surface area contributed by atoms with Gasteiger partial charge >= 0.3 is 0 Å². The molecule has 2 aromatic carbocycles. The summed E-state index contributed by atoms with van der Waals surface area (Å²) in [5.74, 6) is 0.881. The third-order valence-electron chi connectivity index (χ3n) is 9.85. The van der Waals surface area contributed by atoms with E-state index in [1.165, 1.54) is 7.11 Å². The molecule has 240 valence electrons. The van der Waals surface area contributed by atoms with Gasteiger partial charge in [0, 0.05) is 53.2 Å². The maximum atomic E-state index is 13.3. The fraction of sp³-hybridized carbons (Fsp3) is 0.531. The number of phenols is 2. The van der Waals surface area contributed by atoms with E-state index in [1.807, 2.05) is 20.0 Å². The molecule has 13 heteroatoms. The van der Waals surface area contributed by atoms with E-state index in [4.69, 9.17) is 25.8 Å². The number of hydrogen-bond donors (Lipinski definition) is 4. The summed E-state index contributed by atoms with van der Waals surface area (Å²) in [6, 6.07) is 1.59. The molecular formula is C32H38ClN5O7. The number of aromatic hydroxyl groups is 2. The van der Waals surface area contributed by atoms with Gasteiger partial charge in [0.1, 0.15) is 17.8 Å². The van der Waals surface area contributed by atoms with E-state index in [1.54, 1.807) is 13.8 Å². The fourth-order valence-electron chi connectivity index (χ4n) is 7.86. The molecule has 6 rings (SSSR count). The van der Waals surface area contributed by atoms with Gasteiger partial charge in [0.15, 0.2) is 23.0 Å². The SMILES string of the molecule is COc1c(C)cc2c(c1O)[C@@H]1C3Cc4c(O)c(C)c5c(c4[C@H](CNC(=O)[C@H](C)NC(=O)CCCl)N3[C@@H](C#N)[C@H](C2)N1C)OCO5. The molecule has 1 saturated heterocycles. The van der Waals surface area contributed by atoms with Crippen LogP contribution in [0.25, 0.3) is 0 Å². The van der Waals surface area contributed by atoms with Crippen LogP contribution in [0.2, 0.25) is 0 Å². The molecule has 12 nitrogen and oxygen atoms in total. The highest BCUT2D eigenvalue weighted by Gasteiger charge is 2.56. The number of nitrogens with one attached hydrogen (secondary N) is 2. The third-order valence-corrected chi connectivity index (χ3v) is 10.0. The quantitative estimate of drug-likeness (QED) is 0.332. The maximum Gasteiger partial charge on any atom is 0.242 e. The number of aryl methyl sites for hydroxylation is 1. The number of phenolic OH excluding ortho intramolecular Hbond substituents is 2. The molecule has 1 unspecified atom stereocenters. The highest BCUT2D eigenvalue weighted by Crippen LogP contribution is 2.58. The van der Waals surface area contributed by atoms with Crippen molar-refractivity contribution >= 4 is 23.4 Å². The lowest BCUT2D eigenvalue weighted by molar-refractivity contribution is -0.129. The second-order valence-corrected chi connectivity index (χ2v) is 12.6. The number of likely N-dealkylation sites (N-methyl/N-ethyl adjacent to an activating group) is 1. The number of carbonyl (C=O) groups is 2. The van der Waals surface area contributed by atoms with E-state index in [-0.39, 0.29) is 61.2 Å². The first-order valence-corrected chi connectivity index (χ1v) is 15.6. The predicted octanol–water partition coefficient (Wildman–Crippen LogP) is 2.47. The Hall–Kier alpha value is -3.92. The Morgan fingerprint density at radius 3 is 2.60 bits per heavy atom. The number of ether oxygens (including phenoxy) is 3. The number of nitriles is 1. The van der Waals surface area contributed by atoms with Crippen LogP contribution in [0.15, 0.2) is 6.07 Å². The Kier molecular flexibility index (Phi) is 8.14. The Bertz CT molecular complexity index is 1610. The van der Waals surface area contributed by atoms with Crippen LogP contribution in [0.3, 0.4) is 0 Å². The molecule has 0 saturated carbocycles. The lowest BCUT2D eigenvalue weighted by atomic mass is 9.71. The topological polar surface area (TPSA) is 157 Å². The normalized spacial score (nSPS) is 25.3. The molecule has 0 radical (unpaired) electrons. The summed E-state index contributed by atoms with van der Waals surface area (Å²) < 4.78 is 17.4. The van der Waals surface area contributed by atoms with Gasteiger partial charge in [0.25, 0.3) is 0 Å². The minimum Gasteiger partial charge on any atom is -0.507 e. The summed E-state index contributed by atoms with van der Waals surface area (Å²) in [6.07, 6.45) is 0.961. The molecular weight excluding hydrogens is 602 g/mol. The molecule has 4 N–H and O–H groups in total. The van der Waals surface area contributed by atoms with Gasteiger partial charge in [-0.2, -0.15) is 5.26 Å². The van der Waals surface area contributed by atoms with Gasteiger partial charge in [-0.15, -0.1) is 11.6 Å². The Morgan fingerprint density at radius 1 is 1.18 bits per heavy atom. The predicted molar refractivity (Wildman–Crippen MR) is 164 cm³/mol. The van der Waals surface area contributed by atoms with Crippen molar-refractivity contribution in [2.24, 2.45) is 0 Å². The van der Waals surface area contributed by atoms with Crippen molar-refractivity contribution in [3.63, 3.8) is 0 Å². The molecule has 0 spiro atoms. The fourth-order valence-corrected chi connectivity index (χ4v) is 8.03. The number of rotatable bonds is 7. The molecule has 45 heavy (non-hydrogen) atoms. The molecule has 4 aliphatic heterocycles. The summed E-state index contributed by atoms with van der Waals surface area (Å²) in [5, 5.41) is 39.5. The number of halogens is 1. The second kappa shape index (κ2) is 11.8. The summed E-state index contributed by atoms with van der Waals surface area (Å²) in [5.41, 5.74) is 4.37. The number of amides is 2. The van der Waals surface area contributed by atoms with Gasteiger partial charge < -0.3 is 35.1 Å². The van der Waals surface area contributed by atoms with Crippen molar-refractivity contribution in [3.8, 4) is 34.8 Å². The maximum absolute atomic E-state index is 13.3. The standard InChI is InChI=1S/C32H38ClN5O7/c1-14-8-17-9-19-21(11-34)38-20(26(37(19)4)24(17)28(41)29(14)43-5)10-18-25(31-30(44-13-45-31)15(2)27(18)40)22(38)12-35-32(42)16(3)36-23(39)6-7-33/h8,16,19-22,26,40-41H,6-7,9-10,12-13H2,1-5H3,(H,35,42)(H,36,39)/t16-,19-,20?,21-,22-,26-/m0/s1. The van der Waals surface area contributed by atoms with Gasteiger partial charge in [-0.25, -0.2) is 0 Å². The van der Waals surface area contributed by atoms with Crippen LogP contribution in [0, 0.1) is 25.2 Å². The Labute approximate surface area is 266 Å². The van der Waals surface area contributed by atoms with Crippen molar-refractivity contribution in [3.05, 3.63) is 39.4 Å². The van der Waals surface area contributed by atoms with Crippen molar-refractivity contribution in [1.29, 1.82) is 5.26 Å². The Balaban J connectivity index is 1.48. The lowest BCUT2D eigenvalue weighted by Gasteiger charge is -2.60. The molecule has 6 atom stereocenters. The average molecular weight is 640 g/mol. The highest BCUT2D eigenvalue weighted by molar-refractivity contribution is 6.19. The third kappa shape index (κ3) is 4.80. The lowest BCUT2D eigenvalue weighted by Crippen LogP contribution is -2.68. The average Bonchev–Trinajstić information content (AvgIpc) is 3.49. The first-order chi connectivity index (χ1) is 21.5. The zero-order valence-corrected chi connectivity index (χ0v) is 26.7. The van der Waals surface area contributed by atoms with E-state index >= 15 is 0 Å². The second-order valence-electron chi connectivity index (χ2n) is 12.2. The Morgan fingerprint density at radius 2 is 1.91 bits per heavy atom. The minimum absolute atomic E-state index is 0.0196. The summed E-state index contributed by atoms with van der Waals surface area (Å²) in [4.78, 5) is 29.6. The number of fused-ring (bicyclic) bond motifs is 9. The molecule has 2 bridgehead atoms. The first kappa shape index (κ1) is 31.1. The number of carbonyl (C=O) groups excluding carboxylic acids is 2. The van der Waals surface area contributed by atoms with Crippen molar-refractivity contribution in [2.75, 3.05) is 33.4 Å². The molecule has 4 heterocycles. The molecule has 2 amide bonds. The van der Waals surface area contributed by atoms with Gasteiger partial charge in [0.2, 0.25) is 18.6 Å². The number of methoxy groups -OCH3 is 1. The number of benzene rings is 2. The van der Waals surface area contributed by atoms with Crippen LogP contribution in [0.4, 0.5) is 0 Å². The van der Waals surface area contributed by atoms with Crippen LogP contribution in [0.5, 0.6) is 28.7 Å². The zero-order chi connectivity index (χ0) is 32.3. The summed E-state index contributed by atoms with van der Waals surface area (Å²) in [6.45, 7) is 5.30. The van der Waals surface area contributed by atoms with Crippen LogP contribution < -0.4 is 24.8 Å². The van der Waals surface area contributed by atoms with Crippen LogP contribution in [-0.2, 0) is 22.4 Å². The summed E-state index contributed by atoms with van der Waals surface area (Å²) in [7, 11) is 3.49. The van der Waals surface area contributed by atoms with Gasteiger partial charge in [-0.05, 0) is 51.8 Å². The molecule has 4 aliphatic rings. The van der Waals surface area contributed by atoms with Gasteiger partial charge in [-0.1, -0.05) is 6.07 Å². The summed E-state index contributed by atoms with van der Waals surface area (Å²) >= 11 is 5.69. The van der Waals surface area contributed by atoms with E-state index in [0.717, 1.165) is 16.7 Å².